The predicted octanol–water partition coefficient (Wildman–Crippen LogP) is 1.08. The Hall–Kier alpha value is -1.97. The lowest BCUT2D eigenvalue weighted by Gasteiger charge is -2.02. The van der Waals surface area contributed by atoms with Crippen LogP contribution in [0.15, 0.2) is 24.4 Å². The second-order valence-corrected chi connectivity index (χ2v) is 3.18. The predicted molar refractivity (Wildman–Crippen MR) is 49.4 cm³/mol. The maximum atomic E-state index is 9.59. The molecule has 0 radical (unpaired) electrons. The first-order chi connectivity index (χ1) is 6.61. The molecule has 0 unspecified atom stereocenters. The second-order valence-electron chi connectivity index (χ2n) is 3.18. The van der Waals surface area contributed by atoms with Crippen LogP contribution in [0, 0.1) is 6.92 Å². The maximum Gasteiger partial charge on any atom is 0.309 e. The number of hydrogen-bond acceptors (Lipinski definition) is 3. The van der Waals surface area contributed by atoms with Gasteiger partial charge in [0.25, 0.3) is 0 Å². The number of phenols is 2. The van der Waals surface area contributed by atoms with E-state index in [0.717, 1.165) is 4.73 Å². The number of benzene rings is 1. The van der Waals surface area contributed by atoms with Crippen LogP contribution in [0.2, 0.25) is 0 Å². The molecular weight excluding hydrogens is 182 g/mol. The van der Waals surface area contributed by atoms with Crippen molar-refractivity contribution < 1.29 is 20.2 Å². The summed E-state index contributed by atoms with van der Waals surface area (Å²) >= 11 is 0. The standard InChI is InChI=1S/C10H9NO3/c1-6-5-7-3-2-4-11(14)8(7)10(13)9(6)12/h2-5,13-14H,1H3/p+1. The zero-order valence-corrected chi connectivity index (χ0v) is 7.60. The third kappa shape index (κ3) is 1.04. The highest BCUT2D eigenvalue weighted by Crippen LogP contribution is 2.34. The molecule has 3 N–H and O–H groups in total. The topological polar surface area (TPSA) is 64.6 Å². The van der Waals surface area contributed by atoms with Crippen LogP contribution in [0.25, 0.3) is 10.9 Å². The molecule has 1 heterocycles. The van der Waals surface area contributed by atoms with Gasteiger partial charge in [-0.15, -0.1) is 0 Å². The van der Waals surface area contributed by atoms with Gasteiger partial charge in [-0.2, -0.15) is 0 Å². The van der Waals surface area contributed by atoms with E-state index in [2.05, 4.69) is 0 Å². The highest BCUT2D eigenvalue weighted by Gasteiger charge is 2.18. The van der Waals surface area contributed by atoms with Crippen LogP contribution in [-0.2, 0) is 0 Å². The van der Waals surface area contributed by atoms with Crippen molar-refractivity contribution in [1.29, 1.82) is 0 Å². The van der Waals surface area contributed by atoms with Crippen LogP contribution in [0.3, 0.4) is 0 Å². The summed E-state index contributed by atoms with van der Waals surface area (Å²) in [6.45, 7) is 1.68. The first-order valence-electron chi connectivity index (χ1n) is 4.16. The van der Waals surface area contributed by atoms with E-state index in [1.807, 2.05) is 0 Å². The molecule has 0 saturated heterocycles. The molecule has 4 nitrogen and oxygen atoms in total. The summed E-state index contributed by atoms with van der Waals surface area (Å²) in [6, 6.07) is 5.09. The molecule has 2 rings (SSSR count). The first kappa shape index (κ1) is 8.62. The molecule has 2 aromatic rings. The van der Waals surface area contributed by atoms with Crippen LogP contribution in [0.5, 0.6) is 11.5 Å². The number of aromatic nitrogens is 1. The molecule has 4 heteroatoms. The number of fused-ring (bicyclic) bond motifs is 1. The Morgan fingerprint density at radius 1 is 1.21 bits per heavy atom. The molecule has 1 aromatic heterocycles. The molecule has 72 valence electrons. The van der Waals surface area contributed by atoms with Crippen molar-refractivity contribution in [3.63, 3.8) is 0 Å². The van der Waals surface area contributed by atoms with Gasteiger partial charge in [0, 0.05) is 10.8 Å². The van der Waals surface area contributed by atoms with Gasteiger partial charge in [0.15, 0.2) is 5.75 Å². The Morgan fingerprint density at radius 3 is 2.64 bits per heavy atom. The molecule has 0 aliphatic rings. The third-order valence-electron chi connectivity index (χ3n) is 2.20. The fraction of sp³-hybridized carbons (Fsp3) is 0.100. The normalized spacial score (nSPS) is 10.6. The van der Waals surface area contributed by atoms with E-state index in [9.17, 15) is 15.4 Å². The third-order valence-corrected chi connectivity index (χ3v) is 2.20. The molecule has 1 aromatic carbocycles. The van der Waals surface area contributed by atoms with Crippen LogP contribution in [0.1, 0.15) is 5.56 Å². The molecule has 0 aliphatic heterocycles. The molecule has 0 spiro atoms. The Labute approximate surface area is 80.2 Å². The van der Waals surface area contributed by atoms with Crippen molar-refractivity contribution in [3.8, 4) is 11.5 Å². The largest absolute Gasteiger partial charge is 0.504 e. The average Bonchev–Trinajstić information content (AvgIpc) is 2.14. The number of phenolic OH excluding ortho intramolecular Hbond substituents is 2. The number of hydrogen-bond donors (Lipinski definition) is 3. The van der Waals surface area contributed by atoms with Gasteiger partial charge in [0.2, 0.25) is 11.9 Å². The van der Waals surface area contributed by atoms with Gasteiger partial charge in [-0.05, 0) is 24.6 Å². The highest BCUT2D eigenvalue weighted by atomic mass is 16.5. The Kier molecular flexibility index (Phi) is 1.70. The van der Waals surface area contributed by atoms with E-state index in [4.69, 9.17) is 0 Å². The molecule has 0 aliphatic carbocycles. The summed E-state index contributed by atoms with van der Waals surface area (Å²) < 4.78 is 0.782. The molecule has 14 heavy (non-hydrogen) atoms. The summed E-state index contributed by atoms with van der Waals surface area (Å²) in [5.74, 6) is -0.505. The zero-order valence-electron chi connectivity index (χ0n) is 7.60. The number of pyridine rings is 1. The minimum absolute atomic E-state index is 0.202. The number of aryl methyl sites for hydroxylation is 1. The smallest absolute Gasteiger partial charge is 0.309 e. The molecule has 0 saturated carbocycles. The summed E-state index contributed by atoms with van der Waals surface area (Å²) in [4.78, 5) is 0. The van der Waals surface area contributed by atoms with Crippen molar-refractivity contribution >= 4 is 10.9 Å². The van der Waals surface area contributed by atoms with Crippen molar-refractivity contribution in [3.05, 3.63) is 30.0 Å². The van der Waals surface area contributed by atoms with E-state index in [1.165, 1.54) is 6.20 Å². The van der Waals surface area contributed by atoms with Gasteiger partial charge in [0.1, 0.15) is 0 Å². The lowest BCUT2D eigenvalue weighted by Crippen LogP contribution is -2.29. The molecule has 0 amide bonds. The lowest BCUT2D eigenvalue weighted by atomic mass is 10.1. The van der Waals surface area contributed by atoms with Crippen molar-refractivity contribution in [2.75, 3.05) is 0 Å². The molecule has 0 atom stereocenters. The molecular formula is C10H10NO3+. The molecule has 0 fully saturated rings. The van der Waals surface area contributed by atoms with E-state index in [1.54, 1.807) is 25.1 Å². The van der Waals surface area contributed by atoms with Gasteiger partial charge >= 0.3 is 5.52 Å². The number of rotatable bonds is 0. The maximum absolute atomic E-state index is 9.59. The van der Waals surface area contributed by atoms with E-state index < -0.39 is 0 Å². The van der Waals surface area contributed by atoms with Gasteiger partial charge in [-0.1, -0.05) is 0 Å². The second kappa shape index (κ2) is 2.77. The first-order valence-corrected chi connectivity index (χ1v) is 4.16. The van der Waals surface area contributed by atoms with Crippen LogP contribution in [0.4, 0.5) is 0 Å². The van der Waals surface area contributed by atoms with Crippen molar-refractivity contribution in [2.45, 2.75) is 6.92 Å². The summed E-state index contributed by atoms with van der Waals surface area (Å²) in [6.07, 6.45) is 1.39. The quantitative estimate of drug-likeness (QED) is 0.332. The Balaban J connectivity index is 2.99. The van der Waals surface area contributed by atoms with Crippen LogP contribution < -0.4 is 4.73 Å². The van der Waals surface area contributed by atoms with E-state index in [-0.39, 0.29) is 17.0 Å². The minimum Gasteiger partial charge on any atom is -0.504 e. The Morgan fingerprint density at radius 2 is 1.93 bits per heavy atom. The molecule has 0 bridgehead atoms. The van der Waals surface area contributed by atoms with Gasteiger partial charge in [-0.3, -0.25) is 5.21 Å². The number of nitrogens with zero attached hydrogens (tertiary/aromatic N) is 1. The summed E-state index contributed by atoms with van der Waals surface area (Å²) in [7, 11) is 0. The van der Waals surface area contributed by atoms with E-state index in [0.29, 0.717) is 10.9 Å². The highest BCUT2D eigenvalue weighted by molar-refractivity contribution is 5.85. The van der Waals surface area contributed by atoms with Gasteiger partial charge in [-0.25, -0.2) is 0 Å². The zero-order chi connectivity index (χ0) is 10.3. The summed E-state index contributed by atoms with van der Waals surface area (Å²) in [5, 5.41) is 29.1. The van der Waals surface area contributed by atoms with Crippen LogP contribution in [-0.4, -0.2) is 15.4 Å². The number of aromatic hydroxyl groups is 2. The van der Waals surface area contributed by atoms with E-state index >= 15 is 0 Å². The van der Waals surface area contributed by atoms with Crippen LogP contribution >= 0.6 is 0 Å². The Bertz CT molecular complexity index is 508. The summed E-state index contributed by atoms with van der Waals surface area (Å²) in [5.41, 5.74) is 0.775. The van der Waals surface area contributed by atoms with Gasteiger partial charge < -0.3 is 10.2 Å². The minimum atomic E-state index is -0.303. The fourth-order valence-corrected chi connectivity index (χ4v) is 1.48. The van der Waals surface area contributed by atoms with Crippen molar-refractivity contribution in [2.24, 2.45) is 0 Å². The lowest BCUT2D eigenvalue weighted by molar-refractivity contribution is -0.884. The van der Waals surface area contributed by atoms with Gasteiger partial charge in [0.05, 0.1) is 5.39 Å². The van der Waals surface area contributed by atoms with Crippen molar-refractivity contribution in [1.82, 2.24) is 0 Å². The SMILES string of the molecule is Cc1cc2ccc[n+](O)c2c(O)c1O. The monoisotopic (exact) mass is 192 g/mol. The fourth-order valence-electron chi connectivity index (χ4n) is 1.48. The average molecular weight is 192 g/mol.